The lowest BCUT2D eigenvalue weighted by Crippen LogP contribution is -2.30. The molecule has 0 amide bonds. The van der Waals surface area contributed by atoms with Crippen LogP contribution in [0.25, 0.3) is 0 Å². The molecule has 0 aliphatic heterocycles. The maximum atomic E-state index is 5.97. The van der Waals surface area contributed by atoms with Gasteiger partial charge in [0.25, 0.3) is 0 Å². The highest BCUT2D eigenvalue weighted by molar-refractivity contribution is 5.50. The largest absolute Gasteiger partial charge is 0.330 e. The summed E-state index contributed by atoms with van der Waals surface area (Å²) in [7, 11) is 0. The minimum atomic E-state index is -0.128. The van der Waals surface area contributed by atoms with Gasteiger partial charge in [-0.2, -0.15) is 0 Å². The van der Waals surface area contributed by atoms with E-state index < -0.39 is 0 Å². The van der Waals surface area contributed by atoms with Crippen molar-refractivity contribution in [3.63, 3.8) is 0 Å². The first-order valence-corrected chi connectivity index (χ1v) is 10.2. The molecule has 140 valence electrons. The van der Waals surface area contributed by atoms with Gasteiger partial charge in [0, 0.05) is 5.41 Å². The van der Waals surface area contributed by atoms with Crippen molar-refractivity contribution in [3.05, 3.63) is 108 Å². The summed E-state index contributed by atoms with van der Waals surface area (Å²) in [5.41, 5.74) is 9.93. The lowest BCUT2D eigenvalue weighted by molar-refractivity contribution is 0.424. The van der Waals surface area contributed by atoms with Crippen molar-refractivity contribution in [1.82, 2.24) is 0 Å². The molecule has 0 spiro atoms. The Bertz CT molecular complexity index is 680. The molecule has 0 aliphatic carbocycles. The van der Waals surface area contributed by atoms with Crippen LogP contribution in [-0.2, 0) is 5.41 Å². The first-order valence-electron chi connectivity index (χ1n) is 10.2. The summed E-state index contributed by atoms with van der Waals surface area (Å²) >= 11 is 0. The fraction of sp³-hybridized carbons (Fsp3) is 0.308. The lowest BCUT2D eigenvalue weighted by Gasteiger charge is -2.36. The first kappa shape index (κ1) is 19.4. The van der Waals surface area contributed by atoms with Crippen molar-refractivity contribution in [2.75, 3.05) is 6.54 Å². The van der Waals surface area contributed by atoms with Gasteiger partial charge in [0.2, 0.25) is 0 Å². The van der Waals surface area contributed by atoms with E-state index in [2.05, 4.69) is 97.9 Å². The molecule has 0 saturated heterocycles. The van der Waals surface area contributed by atoms with Crippen LogP contribution in [0.5, 0.6) is 0 Å². The Morgan fingerprint density at radius 3 is 1.44 bits per heavy atom. The average molecular weight is 358 g/mol. The van der Waals surface area contributed by atoms with Gasteiger partial charge in [0.05, 0.1) is 0 Å². The highest BCUT2D eigenvalue weighted by atomic mass is 14.5. The van der Waals surface area contributed by atoms with Crippen molar-refractivity contribution >= 4 is 0 Å². The standard InChI is InChI=1S/C26H31N/c1-2-22(21-27)13-12-20-26(23-14-6-3-7-15-23,24-16-8-4-9-17-24)25-18-10-5-11-19-25/h3-11,14-19,22H,2,12-13,20-21,27H2,1H3. The van der Waals surface area contributed by atoms with E-state index in [-0.39, 0.29) is 5.41 Å². The molecule has 0 radical (unpaired) electrons. The van der Waals surface area contributed by atoms with E-state index in [0.29, 0.717) is 5.92 Å². The van der Waals surface area contributed by atoms with Crippen molar-refractivity contribution in [1.29, 1.82) is 0 Å². The molecule has 1 nitrogen and oxygen atoms in total. The zero-order chi connectivity index (χ0) is 19.0. The Balaban J connectivity index is 2.08. The third-order valence-corrected chi connectivity index (χ3v) is 5.87. The van der Waals surface area contributed by atoms with E-state index in [4.69, 9.17) is 5.73 Å². The molecule has 27 heavy (non-hydrogen) atoms. The van der Waals surface area contributed by atoms with Gasteiger partial charge in [0.15, 0.2) is 0 Å². The smallest absolute Gasteiger partial charge is 0.0451 e. The predicted molar refractivity (Wildman–Crippen MR) is 116 cm³/mol. The van der Waals surface area contributed by atoms with Crippen molar-refractivity contribution in [2.24, 2.45) is 11.7 Å². The summed E-state index contributed by atoms with van der Waals surface area (Å²) in [6, 6.07) is 32.9. The van der Waals surface area contributed by atoms with Gasteiger partial charge in [-0.15, -0.1) is 0 Å². The van der Waals surface area contributed by atoms with E-state index in [1.165, 1.54) is 23.1 Å². The van der Waals surface area contributed by atoms with Crippen LogP contribution in [0.2, 0.25) is 0 Å². The van der Waals surface area contributed by atoms with Crippen LogP contribution >= 0.6 is 0 Å². The summed E-state index contributed by atoms with van der Waals surface area (Å²) in [5.74, 6) is 0.616. The number of benzene rings is 3. The quantitative estimate of drug-likeness (QED) is 0.455. The molecule has 1 atom stereocenters. The Morgan fingerprint density at radius 1 is 0.704 bits per heavy atom. The van der Waals surface area contributed by atoms with Crippen molar-refractivity contribution < 1.29 is 0 Å². The molecular formula is C26H31N. The second-order valence-corrected chi connectivity index (χ2v) is 7.41. The number of nitrogens with two attached hydrogens (primary N) is 1. The molecule has 0 fully saturated rings. The van der Waals surface area contributed by atoms with E-state index in [9.17, 15) is 0 Å². The molecule has 0 aromatic heterocycles. The monoisotopic (exact) mass is 357 g/mol. The second kappa shape index (κ2) is 9.53. The van der Waals surface area contributed by atoms with Gasteiger partial charge in [-0.05, 0) is 42.0 Å². The third kappa shape index (κ3) is 4.31. The minimum Gasteiger partial charge on any atom is -0.330 e. The van der Waals surface area contributed by atoms with Gasteiger partial charge < -0.3 is 5.73 Å². The van der Waals surface area contributed by atoms with Crippen LogP contribution in [0.1, 0.15) is 49.3 Å². The van der Waals surface area contributed by atoms with Gasteiger partial charge in [-0.1, -0.05) is 111 Å². The highest BCUT2D eigenvalue weighted by Gasteiger charge is 2.35. The third-order valence-electron chi connectivity index (χ3n) is 5.87. The Kier molecular flexibility index (Phi) is 6.84. The minimum absolute atomic E-state index is 0.128. The van der Waals surface area contributed by atoms with Crippen molar-refractivity contribution in [2.45, 2.75) is 38.0 Å². The fourth-order valence-electron chi connectivity index (χ4n) is 4.25. The predicted octanol–water partition coefficient (Wildman–Crippen LogP) is 6.18. The highest BCUT2D eigenvalue weighted by Crippen LogP contribution is 2.43. The lowest BCUT2D eigenvalue weighted by atomic mass is 9.66. The molecule has 2 N–H and O–H groups in total. The molecule has 0 saturated carbocycles. The van der Waals surface area contributed by atoms with E-state index >= 15 is 0 Å². The van der Waals surface area contributed by atoms with E-state index in [1.807, 2.05) is 0 Å². The van der Waals surface area contributed by atoms with Crippen LogP contribution in [0.4, 0.5) is 0 Å². The SMILES string of the molecule is CCC(CN)CCCC(c1ccccc1)(c1ccccc1)c1ccccc1. The van der Waals surface area contributed by atoms with Gasteiger partial charge >= 0.3 is 0 Å². The molecule has 0 aliphatic rings. The van der Waals surface area contributed by atoms with Crippen LogP contribution < -0.4 is 5.73 Å². The Labute approximate surface area is 164 Å². The molecule has 1 heteroatoms. The molecule has 3 aromatic rings. The average Bonchev–Trinajstić information content (AvgIpc) is 2.76. The maximum Gasteiger partial charge on any atom is 0.0451 e. The molecule has 0 heterocycles. The first-order chi connectivity index (χ1) is 13.3. The summed E-state index contributed by atoms with van der Waals surface area (Å²) in [6.45, 7) is 3.03. The fourth-order valence-corrected chi connectivity index (χ4v) is 4.25. The van der Waals surface area contributed by atoms with E-state index in [0.717, 1.165) is 25.8 Å². The summed E-state index contributed by atoms with van der Waals surface area (Å²) in [6.07, 6.45) is 4.59. The van der Waals surface area contributed by atoms with Crippen LogP contribution in [0.3, 0.4) is 0 Å². The zero-order valence-corrected chi connectivity index (χ0v) is 16.4. The van der Waals surface area contributed by atoms with Crippen LogP contribution in [-0.4, -0.2) is 6.54 Å². The van der Waals surface area contributed by atoms with Gasteiger partial charge in [-0.3, -0.25) is 0 Å². The number of rotatable bonds is 9. The molecule has 3 rings (SSSR count). The number of hydrogen-bond acceptors (Lipinski definition) is 1. The normalized spacial score (nSPS) is 12.7. The summed E-state index contributed by atoms with van der Waals surface area (Å²) in [4.78, 5) is 0. The zero-order valence-electron chi connectivity index (χ0n) is 16.4. The topological polar surface area (TPSA) is 26.0 Å². The van der Waals surface area contributed by atoms with Crippen LogP contribution in [0, 0.1) is 5.92 Å². The summed E-state index contributed by atoms with van der Waals surface area (Å²) in [5, 5.41) is 0. The Hall–Kier alpha value is -2.38. The Morgan fingerprint density at radius 2 is 1.11 bits per heavy atom. The van der Waals surface area contributed by atoms with E-state index in [1.54, 1.807) is 0 Å². The molecular weight excluding hydrogens is 326 g/mol. The van der Waals surface area contributed by atoms with Gasteiger partial charge in [0.1, 0.15) is 0 Å². The maximum absolute atomic E-state index is 5.97. The van der Waals surface area contributed by atoms with Crippen molar-refractivity contribution in [3.8, 4) is 0 Å². The summed E-state index contributed by atoms with van der Waals surface area (Å²) < 4.78 is 0. The molecule has 1 unspecified atom stereocenters. The van der Waals surface area contributed by atoms with Crippen LogP contribution in [0.15, 0.2) is 91.0 Å². The molecule has 0 bridgehead atoms. The second-order valence-electron chi connectivity index (χ2n) is 7.41. The van der Waals surface area contributed by atoms with Gasteiger partial charge in [-0.25, -0.2) is 0 Å². The molecule has 3 aromatic carbocycles. The number of hydrogen-bond donors (Lipinski definition) is 1.